The summed E-state index contributed by atoms with van der Waals surface area (Å²) in [6.07, 6.45) is 7.37. The normalized spacial score (nSPS) is 47.8. The quantitative estimate of drug-likeness (QED) is 0.716. The van der Waals surface area contributed by atoms with Crippen LogP contribution >= 0.6 is 0 Å². The van der Waals surface area contributed by atoms with Crippen molar-refractivity contribution in [1.29, 1.82) is 0 Å². The first-order valence-corrected chi connectivity index (χ1v) is 6.26. The van der Waals surface area contributed by atoms with Crippen molar-refractivity contribution in [3.63, 3.8) is 0 Å². The van der Waals surface area contributed by atoms with Crippen LogP contribution in [0.2, 0.25) is 0 Å². The van der Waals surface area contributed by atoms with Gasteiger partial charge in [0.2, 0.25) is 0 Å². The lowest BCUT2D eigenvalue weighted by Crippen LogP contribution is -2.51. The Labute approximate surface area is 87.0 Å². The Morgan fingerprint density at radius 1 is 1.14 bits per heavy atom. The summed E-state index contributed by atoms with van der Waals surface area (Å²) in [7, 11) is 2.24. The van der Waals surface area contributed by atoms with Gasteiger partial charge in [-0.2, -0.15) is 0 Å². The summed E-state index contributed by atoms with van der Waals surface area (Å²) in [6, 6.07) is 1.67. The molecule has 0 aromatic rings. The molecule has 0 radical (unpaired) electrons. The molecular formula is C12H22N2. The molecule has 0 amide bonds. The van der Waals surface area contributed by atoms with E-state index in [-0.39, 0.29) is 0 Å². The van der Waals surface area contributed by atoms with Crippen molar-refractivity contribution in [1.82, 2.24) is 10.2 Å². The van der Waals surface area contributed by atoms with E-state index in [1.165, 1.54) is 45.2 Å². The second kappa shape index (κ2) is 3.49. The minimum Gasteiger partial charge on any atom is -0.310 e. The highest BCUT2D eigenvalue weighted by atomic mass is 15.2. The summed E-state index contributed by atoms with van der Waals surface area (Å²) in [5, 5.41) is 3.89. The van der Waals surface area contributed by atoms with E-state index in [0.717, 1.165) is 23.9 Å². The zero-order valence-corrected chi connectivity index (χ0v) is 9.21. The number of likely N-dealkylation sites (tertiary alicyclic amines) is 1. The number of nitrogens with one attached hydrogen (secondary N) is 1. The van der Waals surface area contributed by atoms with Crippen LogP contribution in [0.25, 0.3) is 0 Å². The second-order valence-electron chi connectivity index (χ2n) is 5.70. The molecule has 1 aliphatic heterocycles. The zero-order valence-electron chi connectivity index (χ0n) is 9.21. The molecule has 1 unspecified atom stereocenters. The van der Waals surface area contributed by atoms with Gasteiger partial charge in [0, 0.05) is 18.6 Å². The third kappa shape index (κ3) is 1.59. The number of hydrogen-bond acceptors (Lipinski definition) is 2. The third-order valence-corrected chi connectivity index (χ3v) is 4.57. The number of nitrogens with zero attached hydrogens (tertiary/aromatic N) is 1. The molecule has 14 heavy (non-hydrogen) atoms. The fraction of sp³-hybridized carbons (Fsp3) is 1.00. The average Bonchev–Trinajstić information content (AvgIpc) is 2.50. The van der Waals surface area contributed by atoms with Crippen molar-refractivity contribution in [3.05, 3.63) is 0 Å². The summed E-state index contributed by atoms with van der Waals surface area (Å²) < 4.78 is 0. The monoisotopic (exact) mass is 194 g/mol. The van der Waals surface area contributed by atoms with Crippen LogP contribution in [0.15, 0.2) is 0 Å². The molecular weight excluding hydrogens is 172 g/mol. The maximum atomic E-state index is 3.89. The lowest BCUT2D eigenvalue weighted by atomic mass is 9.62. The van der Waals surface area contributed by atoms with E-state index in [1.54, 1.807) is 0 Å². The second-order valence-corrected chi connectivity index (χ2v) is 5.70. The van der Waals surface area contributed by atoms with E-state index in [4.69, 9.17) is 0 Å². The molecule has 4 fully saturated rings. The molecule has 80 valence electrons. The summed E-state index contributed by atoms with van der Waals surface area (Å²) in [4.78, 5) is 2.45. The van der Waals surface area contributed by atoms with Gasteiger partial charge in [-0.1, -0.05) is 0 Å². The number of hydrogen-bond donors (Lipinski definition) is 1. The van der Waals surface area contributed by atoms with Gasteiger partial charge in [0.05, 0.1) is 0 Å². The fourth-order valence-electron chi connectivity index (χ4n) is 3.60. The largest absolute Gasteiger partial charge is 0.310 e. The maximum absolute atomic E-state index is 3.89. The summed E-state index contributed by atoms with van der Waals surface area (Å²) >= 11 is 0. The first-order chi connectivity index (χ1) is 6.81. The van der Waals surface area contributed by atoms with Crippen molar-refractivity contribution in [2.24, 2.45) is 11.8 Å². The van der Waals surface area contributed by atoms with Gasteiger partial charge in [0.25, 0.3) is 0 Å². The number of fused-ring (bicyclic) bond motifs is 2. The van der Waals surface area contributed by atoms with E-state index in [9.17, 15) is 0 Å². The molecule has 4 aliphatic rings. The molecule has 2 nitrogen and oxygen atoms in total. The van der Waals surface area contributed by atoms with Gasteiger partial charge in [0.15, 0.2) is 0 Å². The molecule has 2 atom stereocenters. The highest BCUT2D eigenvalue weighted by Gasteiger charge is 2.40. The van der Waals surface area contributed by atoms with Gasteiger partial charge in [-0.15, -0.1) is 0 Å². The zero-order chi connectivity index (χ0) is 9.54. The van der Waals surface area contributed by atoms with E-state index in [1.807, 2.05) is 0 Å². The molecule has 1 N–H and O–H groups in total. The Bertz CT molecular complexity index is 208. The van der Waals surface area contributed by atoms with E-state index in [2.05, 4.69) is 17.3 Å². The molecule has 0 spiro atoms. The highest BCUT2D eigenvalue weighted by molar-refractivity contribution is 4.96. The first kappa shape index (κ1) is 9.17. The van der Waals surface area contributed by atoms with Crippen LogP contribution in [-0.4, -0.2) is 37.1 Å². The Kier molecular flexibility index (Phi) is 2.29. The van der Waals surface area contributed by atoms with Crippen LogP contribution in [-0.2, 0) is 0 Å². The van der Waals surface area contributed by atoms with Crippen molar-refractivity contribution in [3.8, 4) is 0 Å². The van der Waals surface area contributed by atoms with Crippen molar-refractivity contribution < 1.29 is 0 Å². The predicted molar refractivity (Wildman–Crippen MR) is 58.3 cm³/mol. The Morgan fingerprint density at radius 3 is 2.57 bits per heavy atom. The lowest BCUT2D eigenvalue weighted by molar-refractivity contribution is 0.0677. The minimum atomic E-state index is 0.794. The summed E-state index contributed by atoms with van der Waals surface area (Å²) in [6.45, 7) is 2.56. The number of likely N-dealkylation sites (N-methyl/N-ethyl adjacent to an activating group) is 1. The van der Waals surface area contributed by atoms with E-state index < -0.39 is 0 Å². The van der Waals surface area contributed by atoms with Crippen molar-refractivity contribution in [2.45, 2.75) is 44.2 Å². The Balaban J connectivity index is 1.51. The van der Waals surface area contributed by atoms with Crippen LogP contribution < -0.4 is 5.32 Å². The smallest absolute Gasteiger partial charge is 0.0209 e. The Morgan fingerprint density at radius 2 is 2.00 bits per heavy atom. The minimum absolute atomic E-state index is 0.794. The van der Waals surface area contributed by atoms with E-state index in [0.29, 0.717) is 0 Å². The first-order valence-electron chi connectivity index (χ1n) is 6.26. The lowest BCUT2D eigenvalue weighted by Gasteiger charge is -2.47. The summed E-state index contributed by atoms with van der Waals surface area (Å²) in [5.41, 5.74) is 0. The topological polar surface area (TPSA) is 15.3 Å². The van der Waals surface area contributed by atoms with Gasteiger partial charge in [-0.25, -0.2) is 0 Å². The molecule has 2 heteroatoms. The molecule has 3 aliphatic carbocycles. The van der Waals surface area contributed by atoms with Crippen molar-refractivity contribution >= 4 is 0 Å². The molecule has 0 aromatic carbocycles. The van der Waals surface area contributed by atoms with Gasteiger partial charge in [0.1, 0.15) is 0 Å². The molecule has 1 saturated heterocycles. The standard InChI is InChI=1S/C12H22N2/c1-14-5-4-11(8-14)13-12-3-2-9-6-10(12)7-9/h9-13H,2-8H2,1H3/t9?,10?,11-,12?/m0/s1. The van der Waals surface area contributed by atoms with Crippen LogP contribution in [0.5, 0.6) is 0 Å². The van der Waals surface area contributed by atoms with Gasteiger partial charge >= 0.3 is 0 Å². The average molecular weight is 194 g/mol. The van der Waals surface area contributed by atoms with Crippen LogP contribution in [0.3, 0.4) is 0 Å². The molecule has 0 aromatic heterocycles. The SMILES string of the molecule is CN1CC[C@H](NC2CCC3CC2C3)C1. The third-order valence-electron chi connectivity index (χ3n) is 4.57. The molecule has 4 rings (SSSR count). The van der Waals surface area contributed by atoms with Crippen molar-refractivity contribution in [2.75, 3.05) is 20.1 Å². The van der Waals surface area contributed by atoms with Crippen LogP contribution in [0.4, 0.5) is 0 Å². The predicted octanol–water partition coefficient (Wildman–Crippen LogP) is 1.47. The Hall–Kier alpha value is -0.0800. The summed E-state index contributed by atoms with van der Waals surface area (Å²) in [5.74, 6) is 2.16. The van der Waals surface area contributed by atoms with Gasteiger partial charge < -0.3 is 10.2 Å². The van der Waals surface area contributed by atoms with Crippen LogP contribution in [0, 0.1) is 11.8 Å². The van der Waals surface area contributed by atoms with Crippen LogP contribution in [0.1, 0.15) is 32.1 Å². The number of rotatable bonds is 2. The molecule has 3 saturated carbocycles. The highest BCUT2D eigenvalue weighted by Crippen LogP contribution is 2.45. The van der Waals surface area contributed by atoms with Gasteiger partial charge in [-0.3, -0.25) is 0 Å². The fourth-order valence-corrected chi connectivity index (χ4v) is 3.60. The van der Waals surface area contributed by atoms with E-state index >= 15 is 0 Å². The van der Waals surface area contributed by atoms with Gasteiger partial charge in [-0.05, 0) is 57.5 Å². The molecule has 1 heterocycles. The molecule has 2 bridgehead atoms. The maximum Gasteiger partial charge on any atom is 0.0209 e.